The molecule has 0 bridgehead atoms. The molecule has 0 aromatic carbocycles. The molecule has 0 heterocycles. The Hall–Kier alpha value is -3.41. The lowest BCUT2D eigenvalue weighted by Gasteiger charge is -2.18. The van der Waals surface area contributed by atoms with E-state index in [0.29, 0.717) is 19.3 Å². The quantitative estimate of drug-likeness (QED) is 0.0261. The zero-order valence-electron chi connectivity index (χ0n) is 55.2. The van der Waals surface area contributed by atoms with Gasteiger partial charge in [0.1, 0.15) is 13.2 Å². The summed E-state index contributed by atoms with van der Waals surface area (Å²) in [5, 5.41) is 0. The Balaban J connectivity index is 4.23. The molecule has 480 valence electrons. The average Bonchev–Trinajstić information content (AvgIpc) is 3.49. The van der Waals surface area contributed by atoms with Crippen LogP contribution in [0.25, 0.3) is 0 Å². The van der Waals surface area contributed by atoms with Crippen LogP contribution in [0.3, 0.4) is 0 Å². The molecule has 0 aromatic heterocycles. The number of hydrogen-bond donors (Lipinski definition) is 0. The fourth-order valence-corrected chi connectivity index (χ4v) is 10.5. The second-order valence-corrected chi connectivity index (χ2v) is 24.1. The molecule has 0 rings (SSSR count). The third kappa shape index (κ3) is 69.3. The molecule has 0 saturated heterocycles. The number of ether oxygens (including phenoxy) is 3. The van der Waals surface area contributed by atoms with E-state index in [9.17, 15) is 14.4 Å². The van der Waals surface area contributed by atoms with E-state index >= 15 is 0 Å². The van der Waals surface area contributed by atoms with Gasteiger partial charge in [-0.1, -0.05) is 318 Å². The first-order valence-corrected chi connectivity index (χ1v) is 36.1. The van der Waals surface area contributed by atoms with E-state index in [2.05, 4.69) is 106 Å². The maximum Gasteiger partial charge on any atom is 0.306 e. The van der Waals surface area contributed by atoms with Gasteiger partial charge in [-0.25, -0.2) is 0 Å². The first kappa shape index (κ1) is 79.6. The summed E-state index contributed by atoms with van der Waals surface area (Å²) < 4.78 is 17.0. The second-order valence-electron chi connectivity index (χ2n) is 24.1. The van der Waals surface area contributed by atoms with Crippen LogP contribution in [0.5, 0.6) is 0 Å². The molecule has 1 atom stereocenters. The SMILES string of the molecule is CC/C=C\C/C=C\C/C=C\C/C=C\CCCCCCCCCCCCCCCCCCCCC(=O)OCC(COC(=O)CCCCCCCCC/C=C\CCCCCCCC)OC(=O)CCCCCCCCC/C=C\C/C=C\CCCCC. The molecule has 1 unspecified atom stereocenters. The van der Waals surface area contributed by atoms with E-state index in [1.54, 1.807) is 0 Å². The largest absolute Gasteiger partial charge is 0.462 e. The van der Waals surface area contributed by atoms with Gasteiger partial charge < -0.3 is 14.2 Å². The van der Waals surface area contributed by atoms with Gasteiger partial charge in [-0.15, -0.1) is 0 Å². The Morgan fingerprint density at radius 3 is 0.771 bits per heavy atom. The van der Waals surface area contributed by atoms with Crippen LogP contribution in [0.4, 0.5) is 0 Å². The molecule has 0 radical (unpaired) electrons. The molecule has 0 saturated carbocycles. The zero-order valence-corrected chi connectivity index (χ0v) is 55.2. The lowest BCUT2D eigenvalue weighted by molar-refractivity contribution is -0.167. The van der Waals surface area contributed by atoms with Crippen LogP contribution >= 0.6 is 0 Å². The lowest BCUT2D eigenvalue weighted by atomic mass is 10.0. The van der Waals surface area contributed by atoms with Gasteiger partial charge in [0.2, 0.25) is 0 Å². The minimum atomic E-state index is -0.782. The van der Waals surface area contributed by atoms with E-state index in [-0.39, 0.29) is 31.1 Å². The minimum Gasteiger partial charge on any atom is -0.462 e. The van der Waals surface area contributed by atoms with E-state index in [1.807, 2.05) is 0 Å². The summed E-state index contributed by atoms with van der Waals surface area (Å²) >= 11 is 0. The standard InChI is InChI=1S/C77H136O6/c1-4-7-10-13-16-19-22-25-28-31-32-33-34-35-36-37-38-39-40-41-42-43-44-47-49-52-55-58-61-64-67-70-76(79)82-73-74(83-77(80)71-68-65-62-59-56-53-50-46-30-27-24-21-18-15-12-9-6-3)72-81-75(78)69-66-63-60-57-54-51-48-45-29-26-23-20-17-14-11-8-5-2/h7,10,16,18-19,21,25-30,32-33,74H,4-6,8-9,11-15,17,20,22-24,31,34-73H2,1-3H3/b10-7-,19-16-,21-18-,28-25-,29-26-,30-27-,33-32-. The Kier molecular flexibility index (Phi) is 68.2. The summed E-state index contributed by atoms with van der Waals surface area (Å²) in [5.41, 5.74) is 0. The van der Waals surface area contributed by atoms with Crippen molar-refractivity contribution in [3.05, 3.63) is 85.1 Å². The van der Waals surface area contributed by atoms with E-state index < -0.39 is 6.10 Å². The second kappa shape index (κ2) is 71.1. The molecule has 0 amide bonds. The Morgan fingerprint density at radius 1 is 0.253 bits per heavy atom. The fourth-order valence-electron chi connectivity index (χ4n) is 10.5. The number of esters is 3. The molecule has 0 aliphatic rings. The van der Waals surface area contributed by atoms with Gasteiger partial charge in [0.05, 0.1) is 0 Å². The highest BCUT2D eigenvalue weighted by atomic mass is 16.6. The third-order valence-electron chi connectivity index (χ3n) is 15.9. The van der Waals surface area contributed by atoms with Crippen molar-refractivity contribution in [1.82, 2.24) is 0 Å². The highest BCUT2D eigenvalue weighted by molar-refractivity contribution is 5.71. The number of hydrogen-bond acceptors (Lipinski definition) is 6. The van der Waals surface area contributed by atoms with E-state index in [0.717, 1.165) is 96.3 Å². The van der Waals surface area contributed by atoms with Crippen molar-refractivity contribution < 1.29 is 28.6 Å². The van der Waals surface area contributed by atoms with Crippen LogP contribution in [0, 0.1) is 0 Å². The number of rotatable bonds is 66. The summed E-state index contributed by atoms with van der Waals surface area (Å²) in [7, 11) is 0. The molecule has 0 fully saturated rings. The summed E-state index contributed by atoms with van der Waals surface area (Å²) in [5.74, 6) is -0.868. The lowest BCUT2D eigenvalue weighted by Crippen LogP contribution is -2.30. The Labute approximate surface area is 515 Å². The predicted molar refractivity (Wildman–Crippen MR) is 362 cm³/mol. The molecule has 0 spiro atoms. The van der Waals surface area contributed by atoms with Crippen molar-refractivity contribution in [2.45, 2.75) is 374 Å². The summed E-state index contributed by atoms with van der Waals surface area (Å²) in [6, 6.07) is 0. The van der Waals surface area contributed by atoms with Crippen LogP contribution in [0.1, 0.15) is 367 Å². The molecule has 6 heteroatoms. The summed E-state index contributed by atoms with van der Waals surface area (Å²) in [4.78, 5) is 38.5. The normalized spacial score (nSPS) is 12.6. The average molecular weight is 1160 g/mol. The molecular weight excluding hydrogens is 1020 g/mol. The van der Waals surface area contributed by atoms with E-state index in [4.69, 9.17) is 14.2 Å². The molecule has 83 heavy (non-hydrogen) atoms. The fraction of sp³-hybridized carbons (Fsp3) is 0.779. The molecule has 0 aliphatic heterocycles. The molecule has 0 aliphatic carbocycles. The van der Waals surface area contributed by atoms with Gasteiger partial charge in [0.15, 0.2) is 6.10 Å². The van der Waals surface area contributed by atoms with Gasteiger partial charge >= 0.3 is 17.9 Å². The first-order valence-electron chi connectivity index (χ1n) is 36.1. The van der Waals surface area contributed by atoms with Crippen molar-refractivity contribution in [2.75, 3.05) is 13.2 Å². The molecule has 0 aromatic rings. The van der Waals surface area contributed by atoms with Crippen LogP contribution in [0.2, 0.25) is 0 Å². The molecular formula is C77H136O6. The topological polar surface area (TPSA) is 78.9 Å². The highest BCUT2D eigenvalue weighted by Gasteiger charge is 2.19. The predicted octanol–water partition coefficient (Wildman–Crippen LogP) is 25.0. The van der Waals surface area contributed by atoms with Gasteiger partial charge in [0, 0.05) is 19.3 Å². The van der Waals surface area contributed by atoms with Crippen LogP contribution < -0.4 is 0 Å². The van der Waals surface area contributed by atoms with Crippen molar-refractivity contribution >= 4 is 17.9 Å². The van der Waals surface area contributed by atoms with Crippen molar-refractivity contribution in [2.24, 2.45) is 0 Å². The highest BCUT2D eigenvalue weighted by Crippen LogP contribution is 2.18. The van der Waals surface area contributed by atoms with Gasteiger partial charge in [-0.05, 0) is 116 Å². The minimum absolute atomic E-state index is 0.0771. The van der Waals surface area contributed by atoms with Gasteiger partial charge in [-0.3, -0.25) is 14.4 Å². The Bertz CT molecular complexity index is 1570. The number of carbonyl (C=O) groups excluding carboxylic acids is 3. The summed E-state index contributed by atoms with van der Waals surface area (Å²) in [6.45, 7) is 6.54. The van der Waals surface area contributed by atoms with Gasteiger partial charge in [0.25, 0.3) is 0 Å². The van der Waals surface area contributed by atoms with Crippen LogP contribution in [-0.2, 0) is 28.6 Å². The van der Waals surface area contributed by atoms with Crippen LogP contribution in [0.15, 0.2) is 85.1 Å². The summed E-state index contributed by atoms with van der Waals surface area (Å²) in [6.07, 6.45) is 94.7. The van der Waals surface area contributed by atoms with Crippen LogP contribution in [-0.4, -0.2) is 37.2 Å². The van der Waals surface area contributed by atoms with Crippen molar-refractivity contribution in [1.29, 1.82) is 0 Å². The monoisotopic (exact) mass is 1160 g/mol. The number of unbranched alkanes of at least 4 members (excludes halogenated alkanes) is 41. The zero-order chi connectivity index (χ0) is 59.9. The third-order valence-corrected chi connectivity index (χ3v) is 15.9. The molecule has 6 nitrogen and oxygen atoms in total. The molecule has 0 N–H and O–H groups in total. The van der Waals surface area contributed by atoms with Gasteiger partial charge in [-0.2, -0.15) is 0 Å². The maximum absolute atomic E-state index is 12.9. The Morgan fingerprint density at radius 2 is 0.470 bits per heavy atom. The maximum atomic E-state index is 12.9. The smallest absolute Gasteiger partial charge is 0.306 e. The number of carbonyl (C=O) groups is 3. The van der Waals surface area contributed by atoms with Crippen molar-refractivity contribution in [3.63, 3.8) is 0 Å². The van der Waals surface area contributed by atoms with E-state index in [1.165, 1.54) is 231 Å². The first-order chi connectivity index (χ1) is 41.0. The van der Waals surface area contributed by atoms with Crippen molar-refractivity contribution in [3.8, 4) is 0 Å². The number of allylic oxidation sites excluding steroid dienone is 14.